The van der Waals surface area contributed by atoms with E-state index in [1.54, 1.807) is 36.4 Å². The number of hydrogen-bond donors (Lipinski definition) is 1. The van der Waals surface area contributed by atoms with E-state index < -0.39 is 0 Å². The van der Waals surface area contributed by atoms with Gasteiger partial charge in [-0.15, -0.1) is 0 Å². The van der Waals surface area contributed by atoms with Crippen LogP contribution in [0, 0.1) is 5.82 Å². The number of rotatable bonds is 5. The van der Waals surface area contributed by atoms with Crippen molar-refractivity contribution in [1.82, 2.24) is 10.3 Å². The lowest BCUT2D eigenvalue weighted by Crippen LogP contribution is -2.28. The number of nitrogens with zero attached hydrogens (tertiary/aromatic N) is 1. The van der Waals surface area contributed by atoms with Crippen molar-refractivity contribution in [3.63, 3.8) is 0 Å². The Kier molecular flexibility index (Phi) is 4.91. The molecule has 0 unspecified atom stereocenters. The summed E-state index contributed by atoms with van der Waals surface area (Å²) in [7, 11) is 0. The van der Waals surface area contributed by atoms with Crippen LogP contribution in [-0.4, -0.2) is 24.0 Å². The predicted octanol–water partition coefficient (Wildman–Crippen LogP) is 3.84. The van der Waals surface area contributed by atoms with Crippen LogP contribution in [0.5, 0.6) is 5.75 Å². The standard InChI is InChI=1S/C18H14ClFN2O2/c19-17-7-5-12-10-13(4-6-16(12)22-17)18(23)21-8-9-24-15-3-1-2-14(20)11-15/h1-7,10-11H,8-9H2,(H,21,23). The number of hydrogen-bond acceptors (Lipinski definition) is 3. The highest BCUT2D eigenvalue weighted by Crippen LogP contribution is 2.17. The Morgan fingerprint density at radius 1 is 1.17 bits per heavy atom. The summed E-state index contributed by atoms with van der Waals surface area (Å²) < 4.78 is 18.4. The summed E-state index contributed by atoms with van der Waals surface area (Å²) in [5.41, 5.74) is 1.26. The number of amides is 1. The summed E-state index contributed by atoms with van der Waals surface area (Å²) in [6.07, 6.45) is 0. The monoisotopic (exact) mass is 344 g/mol. The number of carbonyl (C=O) groups excluding carboxylic acids is 1. The van der Waals surface area contributed by atoms with Gasteiger partial charge in [-0.05, 0) is 42.5 Å². The van der Waals surface area contributed by atoms with Gasteiger partial charge in [0.05, 0.1) is 12.1 Å². The first-order valence-electron chi connectivity index (χ1n) is 7.35. The second-order valence-corrected chi connectivity index (χ2v) is 5.49. The van der Waals surface area contributed by atoms with Gasteiger partial charge in [-0.3, -0.25) is 4.79 Å². The molecule has 4 nitrogen and oxygen atoms in total. The lowest BCUT2D eigenvalue weighted by atomic mass is 10.1. The number of aromatic nitrogens is 1. The summed E-state index contributed by atoms with van der Waals surface area (Å²) in [6, 6.07) is 14.5. The van der Waals surface area contributed by atoms with Crippen molar-refractivity contribution in [2.24, 2.45) is 0 Å². The van der Waals surface area contributed by atoms with E-state index in [0.29, 0.717) is 23.0 Å². The molecule has 1 N–H and O–H groups in total. The van der Waals surface area contributed by atoms with Crippen LogP contribution >= 0.6 is 11.6 Å². The van der Waals surface area contributed by atoms with Gasteiger partial charge < -0.3 is 10.1 Å². The van der Waals surface area contributed by atoms with Crippen LogP contribution in [0.2, 0.25) is 5.15 Å². The lowest BCUT2D eigenvalue weighted by molar-refractivity contribution is 0.0947. The molecule has 24 heavy (non-hydrogen) atoms. The number of fused-ring (bicyclic) bond motifs is 1. The Labute approximate surface area is 143 Å². The first-order valence-corrected chi connectivity index (χ1v) is 7.72. The van der Waals surface area contributed by atoms with Crippen molar-refractivity contribution < 1.29 is 13.9 Å². The predicted molar refractivity (Wildman–Crippen MR) is 91.0 cm³/mol. The van der Waals surface area contributed by atoms with E-state index in [1.807, 2.05) is 6.07 Å². The van der Waals surface area contributed by atoms with E-state index in [1.165, 1.54) is 12.1 Å². The van der Waals surface area contributed by atoms with E-state index in [0.717, 1.165) is 10.9 Å². The zero-order valence-electron chi connectivity index (χ0n) is 12.6. The van der Waals surface area contributed by atoms with Crippen LogP contribution in [0.4, 0.5) is 4.39 Å². The van der Waals surface area contributed by atoms with Crippen LogP contribution in [0.25, 0.3) is 10.9 Å². The average Bonchev–Trinajstić information content (AvgIpc) is 2.58. The maximum atomic E-state index is 13.0. The molecule has 122 valence electrons. The summed E-state index contributed by atoms with van der Waals surface area (Å²) in [4.78, 5) is 16.3. The second-order valence-electron chi connectivity index (χ2n) is 5.10. The highest BCUT2D eigenvalue weighted by Gasteiger charge is 2.07. The molecule has 0 aliphatic carbocycles. The molecule has 0 bridgehead atoms. The normalized spacial score (nSPS) is 10.6. The molecule has 1 aromatic heterocycles. The molecule has 0 aliphatic heterocycles. The van der Waals surface area contributed by atoms with Crippen molar-refractivity contribution in [2.45, 2.75) is 0 Å². The third-order valence-corrected chi connectivity index (χ3v) is 3.58. The fourth-order valence-electron chi connectivity index (χ4n) is 2.23. The molecule has 0 atom stereocenters. The van der Waals surface area contributed by atoms with E-state index >= 15 is 0 Å². The molecule has 3 aromatic rings. The minimum Gasteiger partial charge on any atom is -0.492 e. The van der Waals surface area contributed by atoms with Gasteiger partial charge in [-0.25, -0.2) is 9.37 Å². The summed E-state index contributed by atoms with van der Waals surface area (Å²) in [5, 5.41) is 4.00. The Morgan fingerprint density at radius 3 is 2.88 bits per heavy atom. The van der Waals surface area contributed by atoms with Crippen LogP contribution < -0.4 is 10.1 Å². The van der Waals surface area contributed by atoms with Crippen molar-refractivity contribution in [1.29, 1.82) is 0 Å². The summed E-state index contributed by atoms with van der Waals surface area (Å²) in [5.74, 6) is -0.144. The molecule has 0 saturated carbocycles. The SMILES string of the molecule is O=C(NCCOc1cccc(F)c1)c1ccc2nc(Cl)ccc2c1. The Bertz CT molecular complexity index is 886. The molecule has 0 radical (unpaired) electrons. The number of ether oxygens (including phenoxy) is 1. The lowest BCUT2D eigenvalue weighted by Gasteiger charge is -2.08. The maximum absolute atomic E-state index is 13.0. The zero-order valence-corrected chi connectivity index (χ0v) is 13.4. The van der Waals surface area contributed by atoms with Gasteiger partial charge in [0, 0.05) is 17.0 Å². The first kappa shape index (κ1) is 16.2. The summed E-state index contributed by atoms with van der Waals surface area (Å²) >= 11 is 5.84. The van der Waals surface area contributed by atoms with Gasteiger partial charge in [0.1, 0.15) is 23.3 Å². The molecular formula is C18H14ClFN2O2. The maximum Gasteiger partial charge on any atom is 0.251 e. The number of halogens is 2. The van der Waals surface area contributed by atoms with Gasteiger partial charge in [0.25, 0.3) is 5.91 Å². The van der Waals surface area contributed by atoms with Gasteiger partial charge in [-0.2, -0.15) is 0 Å². The highest BCUT2D eigenvalue weighted by molar-refractivity contribution is 6.29. The molecule has 2 aromatic carbocycles. The smallest absolute Gasteiger partial charge is 0.251 e. The van der Waals surface area contributed by atoms with Crippen molar-refractivity contribution in [2.75, 3.05) is 13.2 Å². The van der Waals surface area contributed by atoms with Crippen LogP contribution in [0.1, 0.15) is 10.4 Å². The number of carbonyl (C=O) groups is 1. The third kappa shape index (κ3) is 4.00. The fraction of sp³-hybridized carbons (Fsp3) is 0.111. The van der Waals surface area contributed by atoms with Crippen LogP contribution in [-0.2, 0) is 0 Å². The molecule has 1 heterocycles. The van der Waals surface area contributed by atoms with Gasteiger partial charge in [0.2, 0.25) is 0 Å². The van der Waals surface area contributed by atoms with Gasteiger partial charge in [-0.1, -0.05) is 17.7 Å². The molecule has 1 amide bonds. The van der Waals surface area contributed by atoms with Gasteiger partial charge in [0.15, 0.2) is 0 Å². The van der Waals surface area contributed by atoms with Crippen molar-refractivity contribution in [3.8, 4) is 5.75 Å². The average molecular weight is 345 g/mol. The first-order chi connectivity index (χ1) is 11.6. The minimum atomic E-state index is -0.360. The minimum absolute atomic E-state index is 0.213. The van der Waals surface area contributed by atoms with Crippen LogP contribution in [0.3, 0.4) is 0 Å². The second kappa shape index (κ2) is 7.27. The Morgan fingerprint density at radius 2 is 2.04 bits per heavy atom. The molecule has 6 heteroatoms. The molecule has 3 rings (SSSR count). The third-order valence-electron chi connectivity index (χ3n) is 3.37. The Hall–Kier alpha value is -2.66. The van der Waals surface area contributed by atoms with E-state index in [2.05, 4.69) is 10.3 Å². The molecule has 0 spiro atoms. The summed E-state index contributed by atoms with van der Waals surface area (Å²) in [6.45, 7) is 0.562. The quantitative estimate of drug-likeness (QED) is 0.565. The van der Waals surface area contributed by atoms with E-state index in [-0.39, 0.29) is 18.3 Å². The van der Waals surface area contributed by atoms with Crippen LogP contribution in [0.15, 0.2) is 54.6 Å². The molecule has 0 aliphatic rings. The molecule has 0 saturated heterocycles. The van der Waals surface area contributed by atoms with E-state index in [9.17, 15) is 9.18 Å². The highest BCUT2D eigenvalue weighted by atomic mass is 35.5. The van der Waals surface area contributed by atoms with E-state index in [4.69, 9.17) is 16.3 Å². The largest absolute Gasteiger partial charge is 0.492 e. The molecular weight excluding hydrogens is 331 g/mol. The van der Waals surface area contributed by atoms with Gasteiger partial charge >= 0.3 is 0 Å². The number of nitrogens with one attached hydrogen (secondary N) is 1. The topological polar surface area (TPSA) is 51.2 Å². The Balaban J connectivity index is 1.56. The number of pyridine rings is 1. The zero-order chi connectivity index (χ0) is 16.9. The number of benzene rings is 2. The fourth-order valence-corrected chi connectivity index (χ4v) is 2.39. The van der Waals surface area contributed by atoms with Crippen molar-refractivity contribution in [3.05, 3.63) is 71.1 Å². The van der Waals surface area contributed by atoms with Crippen molar-refractivity contribution >= 4 is 28.4 Å². The molecule has 0 fully saturated rings.